The van der Waals surface area contributed by atoms with Crippen molar-refractivity contribution in [3.05, 3.63) is 42.7 Å². The molecule has 0 aliphatic carbocycles. The number of aromatic amines is 1. The lowest BCUT2D eigenvalue weighted by Crippen LogP contribution is -1.91. The zero-order valence-corrected chi connectivity index (χ0v) is 8.51. The van der Waals surface area contributed by atoms with Crippen molar-refractivity contribution in [2.45, 2.75) is 0 Å². The van der Waals surface area contributed by atoms with E-state index in [9.17, 15) is 0 Å². The number of benzene rings is 1. The van der Waals surface area contributed by atoms with Gasteiger partial charge in [0.1, 0.15) is 5.69 Å². The summed E-state index contributed by atoms with van der Waals surface area (Å²) in [6.45, 7) is 0. The average Bonchev–Trinajstić information content (AvgIpc) is 2.74. The Hall–Kier alpha value is -2.36. The number of anilines is 1. The molecule has 0 amide bonds. The van der Waals surface area contributed by atoms with Gasteiger partial charge in [0.05, 0.1) is 5.52 Å². The van der Waals surface area contributed by atoms with Gasteiger partial charge >= 0.3 is 0 Å². The largest absolute Gasteiger partial charge is 0.398 e. The highest BCUT2D eigenvalue weighted by Crippen LogP contribution is 2.28. The molecule has 0 aliphatic rings. The Labute approximate surface area is 92.1 Å². The Bertz CT molecular complexity index is 642. The Morgan fingerprint density at radius 3 is 2.88 bits per heavy atom. The summed E-state index contributed by atoms with van der Waals surface area (Å²) >= 11 is 0. The van der Waals surface area contributed by atoms with Crippen LogP contribution in [0.3, 0.4) is 0 Å². The summed E-state index contributed by atoms with van der Waals surface area (Å²) in [6, 6.07) is 9.72. The topological polar surface area (TPSA) is 67.6 Å². The van der Waals surface area contributed by atoms with Crippen molar-refractivity contribution < 1.29 is 0 Å². The number of nitrogen functional groups attached to an aromatic ring is 1. The maximum absolute atomic E-state index is 5.91. The van der Waals surface area contributed by atoms with Crippen LogP contribution in [0.15, 0.2) is 42.7 Å². The van der Waals surface area contributed by atoms with Crippen molar-refractivity contribution in [1.29, 1.82) is 0 Å². The Kier molecular flexibility index (Phi) is 1.86. The van der Waals surface area contributed by atoms with Crippen molar-refractivity contribution in [2.24, 2.45) is 0 Å². The highest BCUT2D eigenvalue weighted by molar-refractivity contribution is 5.95. The number of nitrogens with zero attached hydrogens (tertiary/aromatic N) is 2. The molecular formula is C12H10N4. The number of rotatable bonds is 1. The number of fused-ring (bicyclic) bond motifs is 1. The molecule has 0 saturated heterocycles. The van der Waals surface area contributed by atoms with Gasteiger partial charge in [-0.25, -0.2) is 0 Å². The zero-order valence-electron chi connectivity index (χ0n) is 8.51. The summed E-state index contributed by atoms with van der Waals surface area (Å²) in [5, 5.41) is 8.32. The van der Waals surface area contributed by atoms with E-state index in [-0.39, 0.29) is 0 Å². The van der Waals surface area contributed by atoms with Crippen molar-refractivity contribution in [3.8, 4) is 11.3 Å². The molecule has 3 rings (SSSR count). The fourth-order valence-corrected chi connectivity index (χ4v) is 1.77. The fourth-order valence-electron chi connectivity index (χ4n) is 1.77. The van der Waals surface area contributed by atoms with Gasteiger partial charge in [0, 0.05) is 29.0 Å². The number of hydrogen-bond acceptors (Lipinski definition) is 3. The first kappa shape index (κ1) is 8.91. The molecule has 0 aliphatic heterocycles. The minimum atomic E-state index is 0.687. The molecule has 3 aromatic rings. The van der Waals surface area contributed by atoms with Crippen LogP contribution in [0.4, 0.5) is 5.69 Å². The molecule has 0 bridgehead atoms. The van der Waals surface area contributed by atoms with Crippen molar-refractivity contribution in [3.63, 3.8) is 0 Å². The monoisotopic (exact) mass is 210 g/mol. The highest BCUT2D eigenvalue weighted by Gasteiger charge is 2.09. The molecule has 2 aromatic heterocycles. The number of aromatic nitrogens is 3. The summed E-state index contributed by atoms with van der Waals surface area (Å²) in [7, 11) is 0. The van der Waals surface area contributed by atoms with E-state index >= 15 is 0 Å². The second-order valence-corrected chi connectivity index (χ2v) is 3.58. The van der Waals surface area contributed by atoms with Gasteiger partial charge in [-0.05, 0) is 12.1 Å². The van der Waals surface area contributed by atoms with E-state index in [1.54, 1.807) is 18.5 Å². The second-order valence-electron chi connectivity index (χ2n) is 3.58. The predicted octanol–water partition coefficient (Wildman–Crippen LogP) is 2.21. The third kappa shape index (κ3) is 1.24. The third-order valence-electron chi connectivity index (χ3n) is 2.58. The van der Waals surface area contributed by atoms with Crippen LogP contribution in [0.1, 0.15) is 0 Å². The van der Waals surface area contributed by atoms with Gasteiger partial charge in [-0.2, -0.15) is 5.10 Å². The lowest BCUT2D eigenvalue weighted by molar-refractivity contribution is 1.12. The van der Waals surface area contributed by atoms with Gasteiger partial charge in [0.15, 0.2) is 0 Å². The van der Waals surface area contributed by atoms with Crippen LogP contribution < -0.4 is 5.73 Å². The van der Waals surface area contributed by atoms with E-state index in [0.29, 0.717) is 5.69 Å². The molecule has 4 nitrogen and oxygen atoms in total. The Balaban J connectivity index is 2.31. The van der Waals surface area contributed by atoms with E-state index in [2.05, 4.69) is 15.2 Å². The average molecular weight is 210 g/mol. The van der Waals surface area contributed by atoms with E-state index in [1.165, 1.54) is 0 Å². The lowest BCUT2D eigenvalue weighted by Gasteiger charge is -2.00. The molecule has 2 heterocycles. The molecule has 4 heteroatoms. The van der Waals surface area contributed by atoms with Crippen LogP contribution in [-0.2, 0) is 0 Å². The van der Waals surface area contributed by atoms with Crippen LogP contribution in [0.2, 0.25) is 0 Å². The first-order valence-corrected chi connectivity index (χ1v) is 4.99. The van der Waals surface area contributed by atoms with Crippen molar-refractivity contribution in [2.75, 3.05) is 5.73 Å². The van der Waals surface area contributed by atoms with Crippen LogP contribution >= 0.6 is 0 Å². The fraction of sp³-hybridized carbons (Fsp3) is 0. The SMILES string of the molecule is Nc1ccncc1-c1n[nH]c2ccccc12. The van der Waals surface area contributed by atoms with E-state index in [0.717, 1.165) is 22.2 Å². The molecule has 0 unspecified atom stereocenters. The number of pyridine rings is 1. The number of nitrogens with one attached hydrogen (secondary N) is 1. The molecule has 1 aromatic carbocycles. The minimum absolute atomic E-state index is 0.687. The van der Waals surface area contributed by atoms with Crippen LogP contribution in [-0.4, -0.2) is 15.2 Å². The second kappa shape index (κ2) is 3.34. The Morgan fingerprint density at radius 2 is 2.00 bits per heavy atom. The molecule has 0 atom stereocenters. The molecular weight excluding hydrogens is 200 g/mol. The summed E-state index contributed by atoms with van der Waals surface area (Å²) in [5.74, 6) is 0. The van der Waals surface area contributed by atoms with Crippen molar-refractivity contribution in [1.82, 2.24) is 15.2 Å². The van der Waals surface area contributed by atoms with E-state index in [4.69, 9.17) is 5.73 Å². The minimum Gasteiger partial charge on any atom is -0.398 e. The quantitative estimate of drug-likeness (QED) is 0.647. The maximum atomic E-state index is 5.91. The van der Waals surface area contributed by atoms with Gasteiger partial charge in [-0.15, -0.1) is 0 Å². The number of H-pyrrole nitrogens is 1. The number of hydrogen-bond donors (Lipinski definition) is 2. The molecule has 0 radical (unpaired) electrons. The molecule has 78 valence electrons. The van der Waals surface area contributed by atoms with Crippen LogP contribution in [0.5, 0.6) is 0 Å². The molecule has 0 spiro atoms. The van der Waals surface area contributed by atoms with Gasteiger partial charge in [-0.3, -0.25) is 10.1 Å². The van der Waals surface area contributed by atoms with Crippen molar-refractivity contribution >= 4 is 16.6 Å². The molecule has 0 fully saturated rings. The summed E-state index contributed by atoms with van der Waals surface area (Å²) in [6.07, 6.45) is 3.41. The smallest absolute Gasteiger partial charge is 0.104 e. The van der Waals surface area contributed by atoms with Crippen LogP contribution in [0, 0.1) is 0 Å². The lowest BCUT2D eigenvalue weighted by atomic mass is 10.1. The summed E-state index contributed by atoms with van der Waals surface area (Å²) < 4.78 is 0. The Morgan fingerprint density at radius 1 is 1.12 bits per heavy atom. The van der Waals surface area contributed by atoms with E-state index < -0.39 is 0 Å². The van der Waals surface area contributed by atoms with E-state index in [1.807, 2.05) is 24.3 Å². The van der Waals surface area contributed by atoms with Gasteiger partial charge in [-0.1, -0.05) is 18.2 Å². The number of para-hydroxylation sites is 1. The van der Waals surface area contributed by atoms with Gasteiger partial charge in [0.25, 0.3) is 0 Å². The zero-order chi connectivity index (χ0) is 11.0. The maximum Gasteiger partial charge on any atom is 0.104 e. The summed E-state index contributed by atoms with van der Waals surface area (Å²) in [5.41, 5.74) is 9.31. The van der Waals surface area contributed by atoms with Crippen LogP contribution in [0.25, 0.3) is 22.2 Å². The first-order valence-electron chi connectivity index (χ1n) is 4.99. The standard InChI is InChI=1S/C12H10N4/c13-10-5-6-14-7-9(10)12-8-3-1-2-4-11(8)15-16-12/h1-7H,(H2,13,14)(H,15,16). The molecule has 3 N–H and O–H groups in total. The van der Waals surface area contributed by atoms with Gasteiger partial charge in [0.2, 0.25) is 0 Å². The third-order valence-corrected chi connectivity index (χ3v) is 2.58. The first-order chi connectivity index (χ1) is 7.86. The highest BCUT2D eigenvalue weighted by atomic mass is 15.1. The summed E-state index contributed by atoms with van der Waals surface area (Å²) in [4.78, 5) is 4.07. The number of nitrogens with two attached hydrogens (primary N) is 1. The predicted molar refractivity (Wildman–Crippen MR) is 63.7 cm³/mol. The van der Waals surface area contributed by atoms with Gasteiger partial charge < -0.3 is 5.73 Å². The molecule has 0 saturated carbocycles. The molecule has 16 heavy (non-hydrogen) atoms. The normalized spacial score (nSPS) is 10.8.